The minimum atomic E-state index is 0.383. The van der Waals surface area contributed by atoms with Crippen LogP contribution in [0.15, 0.2) is 6.07 Å². The molecule has 0 atom stereocenters. The Kier molecular flexibility index (Phi) is 5.35. The van der Waals surface area contributed by atoms with E-state index in [-0.39, 0.29) is 0 Å². The van der Waals surface area contributed by atoms with Gasteiger partial charge in [-0.15, -0.1) is 0 Å². The van der Waals surface area contributed by atoms with E-state index in [0.717, 1.165) is 24.9 Å². The first-order valence-corrected chi connectivity index (χ1v) is 6.80. The molecule has 0 saturated heterocycles. The molecular formula is C13H22N4O2. The maximum absolute atomic E-state index is 5.73. The Morgan fingerprint density at radius 3 is 2.95 bits per heavy atom. The van der Waals surface area contributed by atoms with Gasteiger partial charge in [-0.05, 0) is 25.7 Å². The van der Waals surface area contributed by atoms with Crippen molar-refractivity contribution in [2.75, 3.05) is 37.4 Å². The fourth-order valence-corrected chi connectivity index (χ4v) is 1.65. The van der Waals surface area contributed by atoms with Crippen molar-refractivity contribution in [3.8, 4) is 0 Å². The Morgan fingerprint density at radius 1 is 1.37 bits per heavy atom. The predicted molar refractivity (Wildman–Crippen MR) is 73.8 cm³/mol. The van der Waals surface area contributed by atoms with E-state index in [1.165, 1.54) is 12.8 Å². The zero-order valence-electron chi connectivity index (χ0n) is 11.4. The van der Waals surface area contributed by atoms with E-state index in [2.05, 4.69) is 15.3 Å². The Bertz CT molecular complexity index is 396. The van der Waals surface area contributed by atoms with Crippen molar-refractivity contribution < 1.29 is 9.47 Å². The lowest BCUT2D eigenvalue weighted by Crippen LogP contribution is -2.13. The zero-order valence-corrected chi connectivity index (χ0v) is 11.4. The quantitative estimate of drug-likeness (QED) is 0.658. The van der Waals surface area contributed by atoms with Crippen LogP contribution >= 0.6 is 0 Å². The first-order valence-electron chi connectivity index (χ1n) is 6.80. The van der Waals surface area contributed by atoms with E-state index in [0.29, 0.717) is 31.5 Å². The molecule has 1 saturated carbocycles. The van der Waals surface area contributed by atoms with Crippen molar-refractivity contribution >= 4 is 11.6 Å². The fraction of sp³-hybridized carbons (Fsp3) is 0.692. The number of aromatic nitrogens is 2. The van der Waals surface area contributed by atoms with Crippen molar-refractivity contribution in [2.24, 2.45) is 5.92 Å². The lowest BCUT2D eigenvalue weighted by Gasteiger charge is -2.08. The van der Waals surface area contributed by atoms with Crippen LogP contribution in [0.3, 0.4) is 0 Å². The highest BCUT2D eigenvalue weighted by Crippen LogP contribution is 2.28. The third-order valence-corrected chi connectivity index (χ3v) is 2.83. The molecule has 6 heteroatoms. The Hall–Kier alpha value is -1.40. The molecule has 0 spiro atoms. The van der Waals surface area contributed by atoms with Gasteiger partial charge in [0.1, 0.15) is 18.2 Å². The van der Waals surface area contributed by atoms with Crippen LogP contribution in [0.25, 0.3) is 0 Å². The Balaban J connectivity index is 1.72. The number of rotatable bonds is 9. The van der Waals surface area contributed by atoms with Crippen LogP contribution in [0.4, 0.5) is 11.6 Å². The van der Waals surface area contributed by atoms with Crippen LogP contribution in [-0.4, -0.2) is 36.3 Å². The number of nitrogens with two attached hydrogens (primary N) is 1. The molecule has 0 amide bonds. The first kappa shape index (κ1) is 14.0. The number of nitrogens with one attached hydrogen (secondary N) is 1. The number of hydrogen-bond donors (Lipinski definition) is 2. The van der Waals surface area contributed by atoms with Gasteiger partial charge in [0, 0.05) is 25.8 Å². The molecule has 0 radical (unpaired) electrons. The molecule has 1 aromatic heterocycles. The largest absolute Gasteiger partial charge is 0.384 e. The van der Waals surface area contributed by atoms with Crippen LogP contribution in [0, 0.1) is 5.92 Å². The molecule has 1 aliphatic carbocycles. The van der Waals surface area contributed by atoms with Gasteiger partial charge in [0.15, 0.2) is 5.82 Å². The van der Waals surface area contributed by atoms with Gasteiger partial charge in [-0.25, -0.2) is 9.97 Å². The van der Waals surface area contributed by atoms with Crippen molar-refractivity contribution in [2.45, 2.75) is 26.4 Å². The van der Waals surface area contributed by atoms with E-state index < -0.39 is 0 Å². The average molecular weight is 266 g/mol. The third kappa shape index (κ3) is 5.40. The van der Waals surface area contributed by atoms with E-state index in [1.807, 2.05) is 6.92 Å². The van der Waals surface area contributed by atoms with Crippen LogP contribution in [-0.2, 0) is 16.1 Å². The van der Waals surface area contributed by atoms with Gasteiger partial charge in [0.2, 0.25) is 0 Å². The summed E-state index contributed by atoms with van der Waals surface area (Å²) in [6.45, 7) is 5.23. The molecule has 0 aromatic carbocycles. The third-order valence-electron chi connectivity index (χ3n) is 2.83. The lowest BCUT2D eigenvalue weighted by atomic mass is 10.4. The summed E-state index contributed by atoms with van der Waals surface area (Å²) < 4.78 is 10.8. The van der Waals surface area contributed by atoms with Crippen LogP contribution in [0.2, 0.25) is 0 Å². The van der Waals surface area contributed by atoms with Crippen molar-refractivity contribution in [1.29, 1.82) is 0 Å². The molecule has 106 valence electrons. The van der Waals surface area contributed by atoms with Crippen molar-refractivity contribution in [3.63, 3.8) is 0 Å². The summed E-state index contributed by atoms with van der Waals surface area (Å²) in [7, 11) is 0. The predicted octanol–water partition coefficient (Wildman–Crippen LogP) is 1.43. The number of nitrogens with zero attached hydrogens (tertiary/aromatic N) is 2. The molecule has 1 heterocycles. The number of ether oxygens (including phenoxy) is 2. The van der Waals surface area contributed by atoms with Crippen molar-refractivity contribution in [3.05, 3.63) is 11.9 Å². The molecule has 0 aliphatic heterocycles. The van der Waals surface area contributed by atoms with Gasteiger partial charge >= 0.3 is 0 Å². The molecule has 0 unspecified atom stereocenters. The maximum atomic E-state index is 5.73. The van der Waals surface area contributed by atoms with Crippen LogP contribution in [0.5, 0.6) is 0 Å². The summed E-state index contributed by atoms with van der Waals surface area (Å²) in [5.41, 5.74) is 5.73. The second-order valence-electron chi connectivity index (χ2n) is 4.68. The van der Waals surface area contributed by atoms with Gasteiger partial charge in [0.25, 0.3) is 0 Å². The SMILES string of the molecule is CCOCc1nc(N)cc(NCCOCC2CC2)n1. The molecule has 1 aliphatic rings. The maximum Gasteiger partial charge on any atom is 0.158 e. The monoisotopic (exact) mass is 266 g/mol. The summed E-state index contributed by atoms with van der Waals surface area (Å²) in [6, 6.07) is 1.72. The van der Waals surface area contributed by atoms with Crippen molar-refractivity contribution in [1.82, 2.24) is 9.97 Å². The summed E-state index contributed by atoms with van der Waals surface area (Å²) in [4.78, 5) is 8.45. The van der Waals surface area contributed by atoms with Gasteiger partial charge < -0.3 is 20.5 Å². The van der Waals surface area contributed by atoms with Crippen LogP contribution in [0.1, 0.15) is 25.6 Å². The molecule has 6 nitrogen and oxygen atoms in total. The van der Waals surface area contributed by atoms with E-state index in [1.54, 1.807) is 6.07 Å². The fourth-order valence-electron chi connectivity index (χ4n) is 1.65. The molecular weight excluding hydrogens is 244 g/mol. The average Bonchev–Trinajstić information content (AvgIpc) is 3.19. The number of anilines is 2. The summed E-state index contributed by atoms with van der Waals surface area (Å²) in [6.07, 6.45) is 2.63. The molecule has 1 aromatic rings. The highest BCUT2D eigenvalue weighted by Gasteiger charge is 2.20. The Morgan fingerprint density at radius 2 is 2.21 bits per heavy atom. The van der Waals surface area contributed by atoms with Gasteiger partial charge in [0.05, 0.1) is 6.61 Å². The second-order valence-corrected chi connectivity index (χ2v) is 4.68. The summed E-state index contributed by atoms with van der Waals surface area (Å²) >= 11 is 0. The number of hydrogen-bond acceptors (Lipinski definition) is 6. The number of nitrogen functional groups attached to an aromatic ring is 1. The lowest BCUT2D eigenvalue weighted by molar-refractivity contribution is 0.128. The van der Waals surface area contributed by atoms with E-state index in [9.17, 15) is 0 Å². The molecule has 19 heavy (non-hydrogen) atoms. The van der Waals surface area contributed by atoms with Gasteiger partial charge in [-0.3, -0.25) is 0 Å². The highest BCUT2D eigenvalue weighted by molar-refractivity contribution is 5.44. The van der Waals surface area contributed by atoms with E-state index in [4.69, 9.17) is 15.2 Å². The normalized spacial score (nSPS) is 14.6. The smallest absolute Gasteiger partial charge is 0.158 e. The minimum Gasteiger partial charge on any atom is -0.384 e. The van der Waals surface area contributed by atoms with Gasteiger partial charge in [-0.2, -0.15) is 0 Å². The summed E-state index contributed by atoms with van der Waals surface area (Å²) in [5, 5.41) is 3.18. The molecule has 1 fully saturated rings. The van der Waals surface area contributed by atoms with Crippen LogP contribution < -0.4 is 11.1 Å². The highest BCUT2D eigenvalue weighted by atomic mass is 16.5. The topological polar surface area (TPSA) is 82.3 Å². The van der Waals surface area contributed by atoms with E-state index >= 15 is 0 Å². The first-order chi connectivity index (χ1) is 9.28. The second kappa shape index (κ2) is 7.25. The Labute approximate surface area is 113 Å². The molecule has 0 bridgehead atoms. The molecule has 2 rings (SSSR count). The standard InChI is InChI=1S/C13H22N4O2/c1-2-18-9-13-16-11(14)7-12(17-13)15-5-6-19-8-10-3-4-10/h7,10H,2-6,8-9H2,1H3,(H3,14,15,16,17). The zero-order chi connectivity index (χ0) is 13.5. The molecule has 3 N–H and O–H groups in total. The minimum absolute atomic E-state index is 0.383. The van der Waals surface area contributed by atoms with Gasteiger partial charge in [-0.1, -0.05) is 0 Å². The summed E-state index contributed by atoms with van der Waals surface area (Å²) in [5.74, 6) is 2.57.